The van der Waals surface area contributed by atoms with E-state index in [1.54, 1.807) is 20.2 Å². The van der Waals surface area contributed by atoms with Crippen molar-refractivity contribution >= 4 is 29.5 Å². The molecule has 2 rings (SSSR count). The molecule has 1 N–H and O–H groups in total. The van der Waals surface area contributed by atoms with Crippen LogP contribution in [-0.2, 0) is 16.1 Å². The van der Waals surface area contributed by atoms with Crippen molar-refractivity contribution in [1.82, 2.24) is 20.0 Å². The molecule has 0 bridgehead atoms. The zero-order chi connectivity index (χ0) is 19.3. The number of carbonyl (C=O) groups excluding carboxylic acids is 2. The minimum absolute atomic E-state index is 0.0279. The molecule has 1 heterocycles. The summed E-state index contributed by atoms with van der Waals surface area (Å²) in [6.45, 7) is 4.37. The molecular formula is C19H23ClN4O2. The van der Waals surface area contributed by atoms with E-state index in [0.29, 0.717) is 11.6 Å². The lowest BCUT2D eigenvalue weighted by Crippen LogP contribution is -2.35. The van der Waals surface area contributed by atoms with Gasteiger partial charge in [0.15, 0.2) is 0 Å². The lowest BCUT2D eigenvalue weighted by Gasteiger charge is -2.09. The van der Waals surface area contributed by atoms with Crippen LogP contribution in [0.5, 0.6) is 0 Å². The highest BCUT2D eigenvalue weighted by Crippen LogP contribution is 2.20. The molecule has 0 aliphatic rings. The number of halogens is 1. The Morgan fingerprint density at radius 1 is 1.27 bits per heavy atom. The normalized spacial score (nSPS) is 11.0. The predicted octanol–water partition coefficient (Wildman–Crippen LogP) is 2.42. The molecule has 7 heteroatoms. The molecule has 2 aromatic rings. The fourth-order valence-electron chi connectivity index (χ4n) is 2.43. The minimum Gasteiger partial charge on any atom is -0.347 e. The van der Waals surface area contributed by atoms with Gasteiger partial charge in [-0.2, -0.15) is 5.10 Å². The van der Waals surface area contributed by atoms with Crippen LogP contribution in [-0.4, -0.2) is 47.1 Å². The van der Waals surface area contributed by atoms with Crippen LogP contribution in [0.15, 0.2) is 30.3 Å². The summed E-state index contributed by atoms with van der Waals surface area (Å²) in [5.41, 5.74) is 3.63. The SMILES string of the molecule is Cc1nn(Cc2ccccc2Cl)c(C)c1/C=C/C(=O)NCC(=O)N(C)C. The molecule has 1 aromatic carbocycles. The van der Waals surface area contributed by atoms with Crippen LogP contribution in [0.4, 0.5) is 0 Å². The van der Waals surface area contributed by atoms with E-state index >= 15 is 0 Å². The van der Waals surface area contributed by atoms with Crippen LogP contribution >= 0.6 is 11.6 Å². The van der Waals surface area contributed by atoms with Crippen LogP contribution in [0.1, 0.15) is 22.5 Å². The van der Waals surface area contributed by atoms with Crippen LogP contribution in [0.2, 0.25) is 5.02 Å². The molecule has 0 aliphatic carbocycles. The molecule has 0 spiro atoms. The number of aryl methyl sites for hydroxylation is 1. The number of benzene rings is 1. The molecular weight excluding hydrogens is 352 g/mol. The number of nitrogens with zero attached hydrogens (tertiary/aromatic N) is 3. The third kappa shape index (κ3) is 4.95. The number of hydrogen-bond donors (Lipinski definition) is 1. The summed E-state index contributed by atoms with van der Waals surface area (Å²) in [4.78, 5) is 24.8. The topological polar surface area (TPSA) is 67.2 Å². The van der Waals surface area contributed by atoms with Crippen molar-refractivity contribution in [2.24, 2.45) is 0 Å². The first-order chi connectivity index (χ1) is 12.3. The van der Waals surface area contributed by atoms with Gasteiger partial charge in [-0.3, -0.25) is 14.3 Å². The summed E-state index contributed by atoms with van der Waals surface area (Å²) in [5, 5.41) is 7.80. The lowest BCUT2D eigenvalue weighted by atomic mass is 10.1. The van der Waals surface area contributed by atoms with Crippen molar-refractivity contribution < 1.29 is 9.59 Å². The Morgan fingerprint density at radius 3 is 2.62 bits per heavy atom. The Labute approximate surface area is 158 Å². The molecule has 6 nitrogen and oxygen atoms in total. The Morgan fingerprint density at radius 2 is 1.96 bits per heavy atom. The molecule has 0 radical (unpaired) electrons. The first-order valence-corrected chi connectivity index (χ1v) is 8.61. The molecule has 0 aliphatic heterocycles. The van der Waals surface area contributed by atoms with Gasteiger partial charge in [-0.15, -0.1) is 0 Å². The van der Waals surface area contributed by atoms with Crippen molar-refractivity contribution in [3.63, 3.8) is 0 Å². The van der Waals surface area contributed by atoms with Crippen LogP contribution in [0.3, 0.4) is 0 Å². The molecule has 138 valence electrons. The summed E-state index contributed by atoms with van der Waals surface area (Å²) in [6.07, 6.45) is 3.13. The second kappa shape index (κ2) is 8.67. The molecule has 1 aromatic heterocycles. The summed E-state index contributed by atoms with van der Waals surface area (Å²) >= 11 is 6.22. The standard InChI is InChI=1S/C19H23ClN4O2/c1-13-16(9-10-18(25)21-11-19(26)23(3)4)14(2)24(22-13)12-15-7-5-6-8-17(15)20/h5-10H,11-12H2,1-4H3,(H,21,25)/b10-9+. The summed E-state index contributed by atoms with van der Waals surface area (Å²) in [5.74, 6) is -0.482. The monoisotopic (exact) mass is 374 g/mol. The quantitative estimate of drug-likeness (QED) is 0.789. The number of nitrogens with one attached hydrogen (secondary N) is 1. The molecule has 0 saturated heterocycles. The Balaban J connectivity index is 2.09. The Kier molecular flexibility index (Phi) is 6.58. The maximum Gasteiger partial charge on any atom is 0.244 e. The fourth-order valence-corrected chi connectivity index (χ4v) is 2.63. The van der Waals surface area contributed by atoms with E-state index in [-0.39, 0.29) is 18.4 Å². The third-order valence-corrected chi connectivity index (χ3v) is 4.40. The van der Waals surface area contributed by atoms with Crippen molar-refractivity contribution in [3.8, 4) is 0 Å². The number of likely N-dealkylation sites (N-methyl/N-ethyl adjacent to an activating group) is 1. The van der Waals surface area contributed by atoms with E-state index in [9.17, 15) is 9.59 Å². The Hall–Kier alpha value is -2.60. The molecule has 0 unspecified atom stereocenters. The number of hydrogen-bond acceptors (Lipinski definition) is 3. The van der Waals surface area contributed by atoms with Gasteiger partial charge < -0.3 is 10.2 Å². The van der Waals surface area contributed by atoms with Gasteiger partial charge in [0, 0.05) is 36.5 Å². The smallest absolute Gasteiger partial charge is 0.244 e. The largest absolute Gasteiger partial charge is 0.347 e. The predicted molar refractivity (Wildman–Crippen MR) is 103 cm³/mol. The van der Waals surface area contributed by atoms with Gasteiger partial charge in [0.2, 0.25) is 11.8 Å². The fraction of sp³-hybridized carbons (Fsp3) is 0.316. The third-order valence-electron chi connectivity index (χ3n) is 4.03. The lowest BCUT2D eigenvalue weighted by molar-refractivity contribution is -0.129. The molecule has 2 amide bonds. The maximum atomic E-state index is 11.9. The van der Waals surface area contributed by atoms with Gasteiger partial charge in [-0.05, 0) is 31.6 Å². The van der Waals surface area contributed by atoms with Gasteiger partial charge in [-0.1, -0.05) is 29.8 Å². The van der Waals surface area contributed by atoms with E-state index in [0.717, 1.165) is 22.5 Å². The highest BCUT2D eigenvalue weighted by atomic mass is 35.5. The molecule has 26 heavy (non-hydrogen) atoms. The second-order valence-corrected chi connectivity index (χ2v) is 6.58. The second-order valence-electron chi connectivity index (χ2n) is 6.17. The Bertz CT molecular complexity index is 840. The summed E-state index contributed by atoms with van der Waals surface area (Å²) in [7, 11) is 3.29. The minimum atomic E-state index is -0.321. The van der Waals surface area contributed by atoms with E-state index in [2.05, 4.69) is 10.4 Å². The van der Waals surface area contributed by atoms with Crippen molar-refractivity contribution in [3.05, 3.63) is 57.9 Å². The van der Waals surface area contributed by atoms with E-state index in [1.807, 2.05) is 42.8 Å². The van der Waals surface area contributed by atoms with Crippen molar-refractivity contribution in [1.29, 1.82) is 0 Å². The van der Waals surface area contributed by atoms with E-state index in [1.165, 1.54) is 11.0 Å². The van der Waals surface area contributed by atoms with Gasteiger partial charge in [0.25, 0.3) is 0 Å². The van der Waals surface area contributed by atoms with Crippen LogP contribution < -0.4 is 5.32 Å². The highest BCUT2D eigenvalue weighted by Gasteiger charge is 2.11. The average molecular weight is 375 g/mol. The number of rotatable bonds is 6. The maximum absolute atomic E-state index is 11.9. The summed E-state index contributed by atoms with van der Waals surface area (Å²) in [6, 6.07) is 7.64. The zero-order valence-electron chi connectivity index (χ0n) is 15.4. The van der Waals surface area contributed by atoms with E-state index in [4.69, 9.17) is 11.6 Å². The van der Waals surface area contributed by atoms with Gasteiger partial charge in [0.05, 0.1) is 18.8 Å². The van der Waals surface area contributed by atoms with Gasteiger partial charge in [-0.25, -0.2) is 0 Å². The number of aromatic nitrogens is 2. The zero-order valence-corrected chi connectivity index (χ0v) is 16.2. The van der Waals surface area contributed by atoms with Gasteiger partial charge in [0.1, 0.15) is 0 Å². The highest BCUT2D eigenvalue weighted by molar-refractivity contribution is 6.31. The van der Waals surface area contributed by atoms with Crippen LogP contribution in [0.25, 0.3) is 6.08 Å². The van der Waals surface area contributed by atoms with Crippen molar-refractivity contribution in [2.75, 3.05) is 20.6 Å². The molecule has 0 saturated carbocycles. The van der Waals surface area contributed by atoms with Crippen LogP contribution in [0, 0.1) is 13.8 Å². The number of amides is 2. The van der Waals surface area contributed by atoms with Crippen molar-refractivity contribution in [2.45, 2.75) is 20.4 Å². The number of carbonyl (C=O) groups is 2. The average Bonchev–Trinajstić information content (AvgIpc) is 2.86. The molecule has 0 atom stereocenters. The molecule has 0 fully saturated rings. The first kappa shape index (κ1) is 19.7. The first-order valence-electron chi connectivity index (χ1n) is 8.23. The van der Waals surface area contributed by atoms with Gasteiger partial charge >= 0.3 is 0 Å². The van der Waals surface area contributed by atoms with E-state index < -0.39 is 0 Å². The summed E-state index contributed by atoms with van der Waals surface area (Å²) < 4.78 is 1.86.